The summed E-state index contributed by atoms with van der Waals surface area (Å²) in [7, 11) is 7.49. The van der Waals surface area contributed by atoms with Crippen LogP contribution in [-0.4, -0.2) is 49.6 Å². The summed E-state index contributed by atoms with van der Waals surface area (Å²) in [4.78, 5) is 27.8. The number of benzene rings is 2. The van der Waals surface area contributed by atoms with Crippen molar-refractivity contribution in [1.29, 1.82) is 0 Å². The molecule has 0 aromatic heterocycles. The highest BCUT2D eigenvalue weighted by Crippen LogP contribution is 2.21. The molecule has 2 aromatic carbocycles. The molecule has 134 valence electrons. The molecule has 0 bridgehead atoms. The number of rotatable bonds is 7. The van der Waals surface area contributed by atoms with Gasteiger partial charge in [0.05, 0.1) is 0 Å². The number of carbonyl (C=O) groups is 2. The van der Waals surface area contributed by atoms with Crippen LogP contribution in [-0.2, 0) is 0 Å². The molecule has 0 saturated heterocycles. The van der Waals surface area contributed by atoms with Crippen LogP contribution in [0.3, 0.4) is 0 Å². The van der Waals surface area contributed by atoms with E-state index in [1.165, 1.54) is 0 Å². The van der Waals surface area contributed by atoms with E-state index in [0.29, 0.717) is 11.1 Å². The van der Waals surface area contributed by atoms with E-state index in [9.17, 15) is 9.59 Å². The average molecular weight is 348 g/mol. The van der Waals surface area contributed by atoms with Crippen LogP contribution in [0.4, 0.5) is 0 Å². The maximum absolute atomic E-state index is 12.1. The van der Waals surface area contributed by atoms with Crippen molar-refractivity contribution in [2.24, 2.45) is 0 Å². The largest absolute Gasteiger partial charge is 0.383 e. The third-order valence-corrected chi connectivity index (χ3v) is 3.72. The van der Waals surface area contributed by atoms with Gasteiger partial charge < -0.3 is 9.80 Å². The smallest absolute Gasteiger partial charge is 0.187 e. The summed E-state index contributed by atoms with van der Waals surface area (Å²) in [5.41, 5.74) is 3.29. The molecular weight excluding hydrogens is 324 g/mol. The van der Waals surface area contributed by atoms with Gasteiger partial charge in [0, 0.05) is 63.9 Å². The van der Waals surface area contributed by atoms with Crippen molar-refractivity contribution in [1.82, 2.24) is 9.80 Å². The number of ketones is 2. The lowest BCUT2D eigenvalue weighted by Gasteiger charge is -2.06. The van der Waals surface area contributed by atoms with Gasteiger partial charge in [-0.3, -0.25) is 9.59 Å². The van der Waals surface area contributed by atoms with E-state index in [0.717, 1.165) is 11.1 Å². The van der Waals surface area contributed by atoms with Crippen molar-refractivity contribution in [2.45, 2.75) is 0 Å². The van der Waals surface area contributed by atoms with Gasteiger partial charge in [0.2, 0.25) is 0 Å². The first-order valence-corrected chi connectivity index (χ1v) is 8.35. The molecule has 0 N–H and O–H groups in total. The summed E-state index contributed by atoms with van der Waals surface area (Å²) in [6.45, 7) is 0. The molecule has 2 aromatic rings. The lowest BCUT2D eigenvalue weighted by Crippen LogP contribution is -2.03. The first-order valence-electron chi connectivity index (χ1n) is 8.35. The van der Waals surface area contributed by atoms with Crippen molar-refractivity contribution < 1.29 is 9.59 Å². The highest BCUT2D eigenvalue weighted by atomic mass is 16.1. The number of allylic oxidation sites excluding steroid dienone is 2. The monoisotopic (exact) mass is 348 g/mol. The Morgan fingerprint density at radius 2 is 0.923 bits per heavy atom. The van der Waals surface area contributed by atoms with E-state index in [1.807, 2.05) is 86.5 Å². The van der Waals surface area contributed by atoms with Gasteiger partial charge in [-0.15, -0.1) is 0 Å². The number of carbonyl (C=O) groups excluding carboxylic acids is 2. The van der Waals surface area contributed by atoms with Gasteiger partial charge in [-0.2, -0.15) is 0 Å². The first kappa shape index (κ1) is 19.2. The molecule has 0 aliphatic rings. The average Bonchev–Trinajstić information content (AvgIpc) is 2.64. The molecular formula is C22H24N2O2. The van der Waals surface area contributed by atoms with Gasteiger partial charge >= 0.3 is 0 Å². The summed E-state index contributed by atoms with van der Waals surface area (Å²) in [6, 6.07) is 14.9. The molecule has 0 spiro atoms. The van der Waals surface area contributed by atoms with E-state index in [1.54, 1.807) is 24.6 Å². The zero-order valence-corrected chi connectivity index (χ0v) is 15.6. The lowest BCUT2D eigenvalue weighted by atomic mass is 10.0. The molecule has 4 nitrogen and oxygen atoms in total. The fourth-order valence-electron chi connectivity index (χ4n) is 2.28. The third kappa shape index (κ3) is 5.45. The molecule has 2 rings (SSSR count). The molecule has 0 atom stereocenters. The maximum Gasteiger partial charge on any atom is 0.187 e. The summed E-state index contributed by atoms with van der Waals surface area (Å²) < 4.78 is 0. The van der Waals surface area contributed by atoms with Crippen molar-refractivity contribution in [2.75, 3.05) is 28.2 Å². The zero-order valence-electron chi connectivity index (χ0n) is 15.6. The molecule has 26 heavy (non-hydrogen) atoms. The Kier molecular flexibility index (Phi) is 6.50. The standard InChI is InChI=1S/C22H24N2O2/c1-23(2)15-13-21(25)19-9-5-17(6-10-19)18-7-11-20(12-8-18)22(26)14-16-24(3)4/h5-16H,1-4H3/b15-13+,16-14+. The lowest BCUT2D eigenvalue weighted by molar-refractivity contribution is 0.103. The number of hydrogen-bond donors (Lipinski definition) is 0. The van der Waals surface area contributed by atoms with Gasteiger partial charge in [-0.05, 0) is 11.1 Å². The van der Waals surface area contributed by atoms with Crippen LogP contribution in [0.1, 0.15) is 20.7 Å². The quantitative estimate of drug-likeness (QED) is 0.563. The minimum Gasteiger partial charge on any atom is -0.383 e. The second-order valence-electron chi connectivity index (χ2n) is 6.44. The molecule has 0 aliphatic heterocycles. The van der Waals surface area contributed by atoms with Crippen LogP contribution in [0, 0.1) is 0 Å². The van der Waals surface area contributed by atoms with Crippen LogP contribution < -0.4 is 0 Å². The van der Waals surface area contributed by atoms with Crippen LogP contribution >= 0.6 is 0 Å². The Balaban J connectivity index is 2.12. The van der Waals surface area contributed by atoms with Crippen molar-refractivity contribution >= 4 is 11.6 Å². The van der Waals surface area contributed by atoms with E-state index >= 15 is 0 Å². The van der Waals surface area contributed by atoms with E-state index in [2.05, 4.69) is 0 Å². The first-order chi connectivity index (χ1) is 12.4. The molecule has 0 aliphatic carbocycles. The van der Waals surface area contributed by atoms with E-state index < -0.39 is 0 Å². The van der Waals surface area contributed by atoms with E-state index in [4.69, 9.17) is 0 Å². The fourth-order valence-corrected chi connectivity index (χ4v) is 2.28. The predicted molar refractivity (Wildman–Crippen MR) is 106 cm³/mol. The van der Waals surface area contributed by atoms with Crippen LogP contribution in [0.15, 0.2) is 73.1 Å². The fraction of sp³-hybridized carbons (Fsp3) is 0.182. The third-order valence-electron chi connectivity index (χ3n) is 3.72. The molecule has 0 saturated carbocycles. The van der Waals surface area contributed by atoms with Gasteiger partial charge in [0.1, 0.15) is 0 Å². The molecule has 4 heteroatoms. The number of nitrogens with zero attached hydrogens (tertiary/aromatic N) is 2. The molecule has 0 radical (unpaired) electrons. The molecule has 0 fully saturated rings. The summed E-state index contributed by atoms with van der Waals surface area (Å²) in [6.07, 6.45) is 6.57. The van der Waals surface area contributed by atoms with Crippen LogP contribution in [0.2, 0.25) is 0 Å². The molecule has 0 unspecified atom stereocenters. The summed E-state index contributed by atoms with van der Waals surface area (Å²) >= 11 is 0. The molecule has 0 heterocycles. The van der Waals surface area contributed by atoms with Gasteiger partial charge in [0.25, 0.3) is 0 Å². The second kappa shape index (κ2) is 8.81. The molecule has 0 amide bonds. The highest BCUT2D eigenvalue weighted by Gasteiger charge is 2.05. The predicted octanol–water partition coefficient (Wildman–Crippen LogP) is 3.87. The Labute approximate surface area is 155 Å². The van der Waals surface area contributed by atoms with Crippen LogP contribution in [0.5, 0.6) is 0 Å². The second-order valence-corrected chi connectivity index (χ2v) is 6.44. The zero-order chi connectivity index (χ0) is 19.1. The summed E-state index contributed by atoms with van der Waals surface area (Å²) in [5.74, 6) is -0.0576. The van der Waals surface area contributed by atoms with E-state index in [-0.39, 0.29) is 11.6 Å². The van der Waals surface area contributed by atoms with Crippen molar-refractivity contribution in [3.8, 4) is 11.1 Å². The Morgan fingerprint density at radius 1 is 0.615 bits per heavy atom. The minimum atomic E-state index is -0.0288. The minimum absolute atomic E-state index is 0.0288. The Hall–Kier alpha value is -3.14. The van der Waals surface area contributed by atoms with Gasteiger partial charge in [0.15, 0.2) is 11.6 Å². The topological polar surface area (TPSA) is 40.6 Å². The normalized spacial score (nSPS) is 11.1. The van der Waals surface area contributed by atoms with Gasteiger partial charge in [-0.1, -0.05) is 48.5 Å². The van der Waals surface area contributed by atoms with Crippen LogP contribution in [0.25, 0.3) is 11.1 Å². The van der Waals surface area contributed by atoms with Gasteiger partial charge in [-0.25, -0.2) is 0 Å². The van der Waals surface area contributed by atoms with Crippen molar-refractivity contribution in [3.05, 3.63) is 84.2 Å². The Bertz CT molecular complexity index is 743. The van der Waals surface area contributed by atoms with Crippen molar-refractivity contribution in [3.63, 3.8) is 0 Å². The SMILES string of the molecule is CN(C)/C=C/C(=O)c1ccc(-c2ccc(C(=O)/C=C/N(C)C)cc2)cc1. The number of hydrogen-bond acceptors (Lipinski definition) is 4. The highest BCUT2D eigenvalue weighted by molar-refractivity contribution is 6.05. The maximum atomic E-state index is 12.1. The Morgan fingerprint density at radius 3 is 1.19 bits per heavy atom. The summed E-state index contributed by atoms with van der Waals surface area (Å²) in [5, 5.41) is 0.